The van der Waals surface area contributed by atoms with Gasteiger partial charge in [0.15, 0.2) is 0 Å². The van der Waals surface area contributed by atoms with Crippen LogP contribution in [0.1, 0.15) is 27.1 Å². The summed E-state index contributed by atoms with van der Waals surface area (Å²) in [6.45, 7) is 3.68. The number of aromatic nitrogens is 1. The van der Waals surface area contributed by atoms with Gasteiger partial charge in [0.1, 0.15) is 17.4 Å². The minimum atomic E-state index is 0.301. The zero-order valence-corrected chi connectivity index (χ0v) is 11.4. The summed E-state index contributed by atoms with van der Waals surface area (Å²) in [4.78, 5) is 6.03. The molecule has 1 N–H and O–H groups in total. The molecular weight excluding hydrogens is 244 g/mol. The third-order valence-corrected chi connectivity index (χ3v) is 4.52. The van der Waals surface area contributed by atoms with Crippen LogP contribution < -0.4 is 10.1 Å². The minimum absolute atomic E-state index is 0.301. The maximum Gasteiger partial charge on any atom is 0.123 e. The van der Waals surface area contributed by atoms with Crippen LogP contribution in [0.2, 0.25) is 0 Å². The Balaban J connectivity index is 1.95. The Hall–Kier alpha value is -1.39. The predicted molar refractivity (Wildman–Crippen MR) is 73.4 cm³/mol. The quantitative estimate of drug-likeness (QED) is 0.921. The summed E-state index contributed by atoms with van der Waals surface area (Å²) < 4.78 is 5.73. The highest BCUT2D eigenvalue weighted by atomic mass is 32.1. The van der Waals surface area contributed by atoms with Crippen molar-refractivity contribution in [3.63, 3.8) is 0 Å². The van der Waals surface area contributed by atoms with Crippen LogP contribution >= 0.6 is 11.3 Å². The van der Waals surface area contributed by atoms with Crippen molar-refractivity contribution in [3.8, 4) is 5.75 Å². The fourth-order valence-electron chi connectivity index (χ4n) is 2.29. The molecule has 0 radical (unpaired) electrons. The molecule has 94 valence electrons. The van der Waals surface area contributed by atoms with Crippen LogP contribution in [0.5, 0.6) is 5.75 Å². The van der Waals surface area contributed by atoms with Gasteiger partial charge >= 0.3 is 0 Å². The number of hydrogen-bond donors (Lipinski definition) is 1. The van der Waals surface area contributed by atoms with E-state index in [4.69, 9.17) is 9.72 Å². The highest BCUT2D eigenvalue weighted by Gasteiger charge is 2.28. The maximum absolute atomic E-state index is 5.73. The van der Waals surface area contributed by atoms with Crippen LogP contribution in [0, 0.1) is 6.92 Å². The second kappa shape index (κ2) is 4.71. The highest BCUT2D eigenvalue weighted by Crippen LogP contribution is 2.39. The summed E-state index contributed by atoms with van der Waals surface area (Å²) >= 11 is 1.79. The van der Waals surface area contributed by atoms with Crippen molar-refractivity contribution in [3.05, 3.63) is 45.4 Å². The van der Waals surface area contributed by atoms with E-state index in [2.05, 4.69) is 24.4 Å². The summed E-state index contributed by atoms with van der Waals surface area (Å²) in [6.07, 6.45) is 0. The number of nitrogens with one attached hydrogen (secondary N) is 1. The number of ether oxygens (including phenoxy) is 1. The van der Waals surface area contributed by atoms with E-state index in [0.29, 0.717) is 12.5 Å². The number of aryl methyl sites for hydroxylation is 1. The molecular formula is C14H16N2OS. The van der Waals surface area contributed by atoms with Crippen molar-refractivity contribution in [2.45, 2.75) is 19.4 Å². The van der Waals surface area contributed by atoms with Gasteiger partial charge in [-0.15, -0.1) is 11.3 Å². The molecule has 1 aliphatic heterocycles. The molecule has 1 atom stereocenters. The fourth-order valence-corrected chi connectivity index (χ4v) is 3.47. The summed E-state index contributed by atoms with van der Waals surface area (Å²) in [7, 11) is 1.97. The number of fused-ring (bicyclic) bond motifs is 1. The fraction of sp³-hybridized carbons (Fsp3) is 0.357. The molecule has 0 aliphatic carbocycles. The van der Waals surface area contributed by atoms with E-state index < -0.39 is 0 Å². The first-order chi connectivity index (χ1) is 8.79. The molecule has 2 aromatic rings. The van der Waals surface area contributed by atoms with Crippen LogP contribution in [0.3, 0.4) is 0 Å². The standard InChI is InChI=1S/C14H16N2OS/c1-9-13(7-15-2)18-14(16-9)11-8-17-12-6-4-3-5-10(11)12/h3-6,11,15H,7-8H2,1-2H3. The van der Waals surface area contributed by atoms with Gasteiger partial charge in [-0.25, -0.2) is 4.98 Å². The number of hydrogen-bond acceptors (Lipinski definition) is 4. The van der Waals surface area contributed by atoms with E-state index in [9.17, 15) is 0 Å². The van der Waals surface area contributed by atoms with Crippen LogP contribution in [-0.4, -0.2) is 18.6 Å². The zero-order valence-electron chi connectivity index (χ0n) is 10.6. The molecule has 0 amide bonds. The molecule has 1 aliphatic rings. The molecule has 18 heavy (non-hydrogen) atoms. The lowest BCUT2D eigenvalue weighted by atomic mass is 10.0. The van der Waals surface area contributed by atoms with Gasteiger partial charge in [0.25, 0.3) is 0 Å². The van der Waals surface area contributed by atoms with Crippen LogP contribution in [0.25, 0.3) is 0 Å². The molecule has 1 aromatic carbocycles. The highest BCUT2D eigenvalue weighted by molar-refractivity contribution is 7.11. The summed E-state index contributed by atoms with van der Waals surface area (Å²) in [6, 6.07) is 8.25. The Morgan fingerprint density at radius 2 is 2.28 bits per heavy atom. The van der Waals surface area contributed by atoms with E-state index >= 15 is 0 Å². The molecule has 3 rings (SSSR count). The van der Waals surface area contributed by atoms with Gasteiger partial charge in [-0.05, 0) is 20.0 Å². The lowest BCUT2D eigenvalue weighted by Gasteiger charge is -2.03. The molecule has 4 heteroatoms. The van der Waals surface area contributed by atoms with Crippen molar-refractivity contribution in [2.24, 2.45) is 0 Å². The molecule has 0 bridgehead atoms. The average Bonchev–Trinajstić information content (AvgIpc) is 2.94. The Kier molecular flexibility index (Phi) is 3.06. The molecule has 0 saturated carbocycles. The largest absolute Gasteiger partial charge is 0.492 e. The topological polar surface area (TPSA) is 34.1 Å². The zero-order chi connectivity index (χ0) is 12.5. The number of para-hydroxylation sites is 1. The molecule has 1 unspecified atom stereocenters. The van der Waals surface area contributed by atoms with E-state index in [-0.39, 0.29) is 0 Å². The van der Waals surface area contributed by atoms with E-state index in [1.807, 2.05) is 19.2 Å². The van der Waals surface area contributed by atoms with Gasteiger partial charge in [0.05, 0.1) is 11.6 Å². The smallest absolute Gasteiger partial charge is 0.123 e. The van der Waals surface area contributed by atoms with E-state index in [1.165, 1.54) is 15.4 Å². The average molecular weight is 260 g/mol. The van der Waals surface area contributed by atoms with Gasteiger partial charge in [0, 0.05) is 17.0 Å². The second-order valence-corrected chi connectivity index (χ2v) is 5.61. The Morgan fingerprint density at radius 3 is 3.11 bits per heavy atom. The third kappa shape index (κ3) is 1.91. The number of thiazole rings is 1. The summed E-state index contributed by atoms with van der Waals surface area (Å²) in [5.74, 6) is 1.31. The van der Waals surface area contributed by atoms with Crippen molar-refractivity contribution >= 4 is 11.3 Å². The lowest BCUT2D eigenvalue weighted by molar-refractivity contribution is 0.343. The predicted octanol–water partition coefficient (Wildman–Crippen LogP) is 2.70. The normalized spacial score (nSPS) is 17.6. The van der Waals surface area contributed by atoms with Gasteiger partial charge in [0.2, 0.25) is 0 Å². The van der Waals surface area contributed by atoms with Crippen molar-refractivity contribution < 1.29 is 4.74 Å². The first-order valence-electron chi connectivity index (χ1n) is 6.12. The van der Waals surface area contributed by atoms with Gasteiger partial charge in [-0.1, -0.05) is 18.2 Å². The van der Waals surface area contributed by atoms with Crippen LogP contribution in [-0.2, 0) is 6.54 Å². The number of benzene rings is 1. The van der Waals surface area contributed by atoms with Crippen molar-refractivity contribution in [2.75, 3.05) is 13.7 Å². The Bertz CT molecular complexity index is 565. The van der Waals surface area contributed by atoms with E-state index in [0.717, 1.165) is 18.0 Å². The summed E-state index contributed by atoms with van der Waals surface area (Å²) in [5, 5.41) is 4.36. The molecule has 1 aromatic heterocycles. The molecule has 3 nitrogen and oxygen atoms in total. The van der Waals surface area contributed by atoms with Gasteiger partial charge < -0.3 is 10.1 Å². The minimum Gasteiger partial charge on any atom is -0.492 e. The lowest BCUT2D eigenvalue weighted by Crippen LogP contribution is -2.04. The molecule has 2 heterocycles. The van der Waals surface area contributed by atoms with Gasteiger partial charge in [-0.2, -0.15) is 0 Å². The molecule has 0 fully saturated rings. The number of rotatable bonds is 3. The van der Waals surface area contributed by atoms with Crippen LogP contribution in [0.4, 0.5) is 0 Å². The monoisotopic (exact) mass is 260 g/mol. The Labute approximate surface area is 111 Å². The first-order valence-corrected chi connectivity index (χ1v) is 6.93. The molecule has 0 spiro atoms. The third-order valence-electron chi connectivity index (χ3n) is 3.24. The SMILES string of the molecule is CNCc1sc(C2COc3ccccc32)nc1C. The van der Waals surface area contributed by atoms with Crippen molar-refractivity contribution in [1.82, 2.24) is 10.3 Å². The second-order valence-electron chi connectivity index (χ2n) is 4.49. The van der Waals surface area contributed by atoms with E-state index in [1.54, 1.807) is 11.3 Å². The van der Waals surface area contributed by atoms with Gasteiger partial charge in [-0.3, -0.25) is 0 Å². The number of nitrogens with zero attached hydrogens (tertiary/aromatic N) is 1. The summed E-state index contributed by atoms with van der Waals surface area (Å²) in [5.41, 5.74) is 2.40. The van der Waals surface area contributed by atoms with Crippen molar-refractivity contribution in [1.29, 1.82) is 0 Å². The molecule has 0 saturated heterocycles. The Morgan fingerprint density at radius 1 is 1.44 bits per heavy atom. The maximum atomic E-state index is 5.73. The first kappa shape index (κ1) is 11.7. The van der Waals surface area contributed by atoms with Crippen LogP contribution in [0.15, 0.2) is 24.3 Å².